The standard InChI is InChI=1S/C11H15NO/c1-13-11-7-8-12(9-11)10-5-3-2-4-6-10/h2-6,11H,7-9H2,1H3/t11-/m0/s1. The second-order valence-electron chi connectivity index (χ2n) is 3.43. The van der Waals surface area contributed by atoms with Gasteiger partial charge in [0.15, 0.2) is 0 Å². The van der Waals surface area contributed by atoms with E-state index in [1.54, 1.807) is 7.11 Å². The molecule has 0 saturated carbocycles. The lowest BCUT2D eigenvalue weighted by Crippen LogP contribution is -2.21. The Labute approximate surface area is 79.1 Å². The van der Waals surface area contributed by atoms with Gasteiger partial charge in [-0.15, -0.1) is 0 Å². The van der Waals surface area contributed by atoms with E-state index in [-0.39, 0.29) is 0 Å². The Bertz CT molecular complexity index is 260. The van der Waals surface area contributed by atoms with Crippen LogP contribution in [0.5, 0.6) is 0 Å². The number of hydrogen-bond donors (Lipinski definition) is 0. The number of methoxy groups -OCH3 is 1. The molecular weight excluding hydrogens is 162 g/mol. The van der Waals surface area contributed by atoms with Gasteiger partial charge in [0.1, 0.15) is 0 Å². The minimum atomic E-state index is 0.417. The molecule has 70 valence electrons. The summed E-state index contributed by atoms with van der Waals surface area (Å²) in [4.78, 5) is 2.37. The van der Waals surface area contributed by atoms with Gasteiger partial charge < -0.3 is 9.64 Å². The third kappa shape index (κ3) is 1.83. The van der Waals surface area contributed by atoms with E-state index in [2.05, 4.69) is 29.2 Å². The maximum absolute atomic E-state index is 5.32. The lowest BCUT2D eigenvalue weighted by molar-refractivity contribution is 0.121. The van der Waals surface area contributed by atoms with Crippen LogP contribution < -0.4 is 4.90 Å². The van der Waals surface area contributed by atoms with Crippen molar-refractivity contribution in [1.82, 2.24) is 0 Å². The molecule has 1 aromatic carbocycles. The molecule has 0 spiro atoms. The summed E-state index contributed by atoms with van der Waals surface area (Å²) in [5, 5.41) is 0. The molecule has 1 aliphatic heterocycles. The van der Waals surface area contributed by atoms with Crippen molar-refractivity contribution in [2.75, 3.05) is 25.1 Å². The maximum atomic E-state index is 5.32. The van der Waals surface area contributed by atoms with Gasteiger partial charge >= 0.3 is 0 Å². The molecule has 2 rings (SSSR count). The van der Waals surface area contributed by atoms with Gasteiger partial charge in [-0.3, -0.25) is 0 Å². The summed E-state index contributed by atoms with van der Waals surface area (Å²) in [6.07, 6.45) is 1.56. The Morgan fingerprint density at radius 2 is 2.08 bits per heavy atom. The van der Waals surface area contributed by atoms with Gasteiger partial charge in [-0.05, 0) is 18.6 Å². The van der Waals surface area contributed by atoms with Gasteiger partial charge in [-0.25, -0.2) is 0 Å². The van der Waals surface area contributed by atoms with Crippen LogP contribution in [-0.2, 0) is 4.74 Å². The second kappa shape index (κ2) is 3.79. The quantitative estimate of drug-likeness (QED) is 0.684. The highest BCUT2D eigenvalue weighted by atomic mass is 16.5. The molecule has 0 amide bonds. The van der Waals surface area contributed by atoms with Crippen LogP contribution in [-0.4, -0.2) is 26.3 Å². The highest BCUT2D eigenvalue weighted by Crippen LogP contribution is 2.20. The van der Waals surface area contributed by atoms with E-state index in [4.69, 9.17) is 4.74 Å². The lowest BCUT2D eigenvalue weighted by Gasteiger charge is -2.17. The summed E-state index contributed by atoms with van der Waals surface area (Å²) >= 11 is 0. The maximum Gasteiger partial charge on any atom is 0.0762 e. The van der Waals surface area contributed by atoms with E-state index < -0.39 is 0 Å². The summed E-state index contributed by atoms with van der Waals surface area (Å²) in [5.41, 5.74) is 1.31. The Balaban J connectivity index is 2.04. The first-order valence-corrected chi connectivity index (χ1v) is 4.73. The molecule has 1 saturated heterocycles. The largest absolute Gasteiger partial charge is 0.380 e. The fraction of sp³-hybridized carbons (Fsp3) is 0.455. The molecule has 1 aromatic rings. The molecule has 0 bridgehead atoms. The molecule has 1 fully saturated rings. The summed E-state index contributed by atoms with van der Waals surface area (Å²) in [7, 11) is 1.79. The van der Waals surface area contributed by atoms with Crippen LogP contribution in [0, 0.1) is 0 Å². The second-order valence-corrected chi connectivity index (χ2v) is 3.43. The van der Waals surface area contributed by atoms with Crippen molar-refractivity contribution in [2.24, 2.45) is 0 Å². The van der Waals surface area contributed by atoms with Gasteiger partial charge in [0.05, 0.1) is 6.10 Å². The van der Waals surface area contributed by atoms with Crippen LogP contribution in [0.2, 0.25) is 0 Å². The normalized spacial score (nSPS) is 22.2. The fourth-order valence-electron chi connectivity index (χ4n) is 1.79. The van der Waals surface area contributed by atoms with E-state index >= 15 is 0 Å². The fourth-order valence-corrected chi connectivity index (χ4v) is 1.79. The van der Waals surface area contributed by atoms with E-state index in [9.17, 15) is 0 Å². The molecule has 2 heteroatoms. The topological polar surface area (TPSA) is 12.5 Å². The third-order valence-corrected chi connectivity index (χ3v) is 2.60. The van der Waals surface area contributed by atoms with E-state index in [1.165, 1.54) is 5.69 Å². The van der Waals surface area contributed by atoms with Gasteiger partial charge in [-0.1, -0.05) is 18.2 Å². The molecule has 1 atom stereocenters. The zero-order valence-corrected chi connectivity index (χ0v) is 7.94. The van der Waals surface area contributed by atoms with Crippen molar-refractivity contribution < 1.29 is 4.74 Å². The van der Waals surface area contributed by atoms with Crippen LogP contribution in [0.4, 0.5) is 5.69 Å². The minimum Gasteiger partial charge on any atom is -0.380 e. The average molecular weight is 177 g/mol. The Kier molecular flexibility index (Phi) is 2.50. The molecule has 0 radical (unpaired) electrons. The molecule has 1 heterocycles. The predicted molar refractivity (Wildman–Crippen MR) is 54.1 cm³/mol. The van der Waals surface area contributed by atoms with Gasteiger partial charge in [0.2, 0.25) is 0 Å². The average Bonchev–Trinajstić information content (AvgIpc) is 2.67. The van der Waals surface area contributed by atoms with E-state index in [0.29, 0.717) is 6.10 Å². The minimum absolute atomic E-state index is 0.417. The van der Waals surface area contributed by atoms with Gasteiger partial charge in [0, 0.05) is 25.9 Å². The molecule has 1 aliphatic rings. The highest BCUT2D eigenvalue weighted by Gasteiger charge is 2.21. The molecule has 0 N–H and O–H groups in total. The first-order valence-electron chi connectivity index (χ1n) is 4.73. The summed E-state index contributed by atoms with van der Waals surface area (Å²) < 4.78 is 5.32. The van der Waals surface area contributed by atoms with Crippen LogP contribution in [0.15, 0.2) is 30.3 Å². The zero-order chi connectivity index (χ0) is 9.10. The Hall–Kier alpha value is -1.02. The lowest BCUT2D eigenvalue weighted by atomic mass is 10.3. The van der Waals surface area contributed by atoms with Crippen molar-refractivity contribution >= 4 is 5.69 Å². The van der Waals surface area contributed by atoms with E-state index in [1.807, 2.05) is 6.07 Å². The highest BCUT2D eigenvalue weighted by molar-refractivity contribution is 5.46. The van der Waals surface area contributed by atoms with Crippen LogP contribution in [0.25, 0.3) is 0 Å². The van der Waals surface area contributed by atoms with Crippen molar-refractivity contribution in [2.45, 2.75) is 12.5 Å². The van der Waals surface area contributed by atoms with Gasteiger partial charge in [0.25, 0.3) is 0 Å². The third-order valence-electron chi connectivity index (χ3n) is 2.60. The SMILES string of the molecule is CO[C@H]1CCN(c2ccccc2)C1. The number of hydrogen-bond acceptors (Lipinski definition) is 2. The van der Waals surface area contributed by atoms with Gasteiger partial charge in [-0.2, -0.15) is 0 Å². The number of nitrogens with zero attached hydrogens (tertiary/aromatic N) is 1. The summed E-state index contributed by atoms with van der Waals surface area (Å²) in [6, 6.07) is 10.5. The smallest absolute Gasteiger partial charge is 0.0762 e. The molecular formula is C11H15NO. The van der Waals surface area contributed by atoms with Crippen molar-refractivity contribution in [3.8, 4) is 0 Å². The summed E-state index contributed by atoms with van der Waals surface area (Å²) in [6.45, 7) is 2.14. The molecule has 2 nitrogen and oxygen atoms in total. The first-order chi connectivity index (χ1) is 6.40. The van der Waals surface area contributed by atoms with Crippen molar-refractivity contribution in [1.29, 1.82) is 0 Å². The molecule has 0 unspecified atom stereocenters. The first kappa shape index (κ1) is 8.57. The monoisotopic (exact) mass is 177 g/mol. The van der Waals surface area contributed by atoms with Crippen LogP contribution in [0.1, 0.15) is 6.42 Å². The molecule has 0 aromatic heterocycles. The zero-order valence-electron chi connectivity index (χ0n) is 7.94. The number of ether oxygens (including phenoxy) is 1. The van der Waals surface area contributed by atoms with Crippen LogP contribution >= 0.6 is 0 Å². The number of anilines is 1. The number of rotatable bonds is 2. The number of benzene rings is 1. The molecule has 0 aliphatic carbocycles. The Morgan fingerprint density at radius 3 is 2.69 bits per heavy atom. The van der Waals surface area contributed by atoms with Crippen molar-refractivity contribution in [3.63, 3.8) is 0 Å². The Morgan fingerprint density at radius 1 is 1.31 bits per heavy atom. The van der Waals surface area contributed by atoms with E-state index in [0.717, 1.165) is 19.5 Å². The molecule has 13 heavy (non-hydrogen) atoms. The van der Waals surface area contributed by atoms with Crippen molar-refractivity contribution in [3.05, 3.63) is 30.3 Å². The number of para-hydroxylation sites is 1. The predicted octanol–water partition coefficient (Wildman–Crippen LogP) is 1.91. The summed E-state index contributed by atoms with van der Waals surface area (Å²) in [5.74, 6) is 0. The van der Waals surface area contributed by atoms with Crippen LogP contribution in [0.3, 0.4) is 0 Å².